The van der Waals surface area contributed by atoms with Crippen LogP contribution in [0.25, 0.3) is 0 Å². The molecule has 0 rings (SSSR count). The number of quaternary nitrogens is 1. The molecule has 3 N–H and O–H groups in total. The van der Waals surface area contributed by atoms with Gasteiger partial charge in [-0.2, -0.15) is 5.26 Å². The summed E-state index contributed by atoms with van der Waals surface area (Å²) in [7, 11) is 0. The first kappa shape index (κ1) is 12.7. The third-order valence-electron chi connectivity index (χ3n) is 1.44. The molecule has 2 nitrogen and oxygen atoms in total. The van der Waals surface area contributed by atoms with E-state index >= 15 is 0 Å². The summed E-state index contributed by atoms with van der Waals surface area (Å²) in [6.45, 7) is 3.86. The van der Waals surface area contributed by atoms with Crippen LogP contribution in [0.5, 0.6) is 0 Å². The van der Waals surface area contributed by atoms with Crippen LogP contribution in [-0.4, -0.2) is 11.9 Å². The second kappa shape index (κ2) is 4.79. The quantitative estimate of drug-likeness (QED) is 0.468. The highest BCUT2D eigenvalue weighted by molar-refractivity contribution is 6.18. The summed E-state index contributed by atoms with van der Waals surface area (Å²) in [4.78, 5) is 0. The monoisotopic (exact) mass is 182 g/mol. The number of nitrogens with zero attached hydrogens (tertiary/aromatic N) is 1. The lowest BCUT2D eigenvalue weighted by molar-refractivity contribution is -0.422. The molecule has 0 saturated carbocycles. The minimum Gasteiger partial charge on any atom is -1.00 e. The van der Waals surface area contributed by atoms with Crippen molar-refractivity contribution < 1.29 is 18.1 Å². The summed E-state index contributed by atoms with van der Waals surface area (Å²) >= 11 is 5.58. The zero-order valence-corrected chi connectivity index (χ0v) is 7.71. The molecule has 0 spiro atoms. The van der Waals surface area contributed by atoms with Crippen LogP contribution in [0.15, 0.2) is 0 Å². The molecule has 0 radical (unpaired) electrons. The summed E-state index contributed by atoms with van der Waals surface area (Å²) in [5.74, 6) is 0.481. The number of nitriles is 1. The fourth-order valence-electron chi connectivity index (χ4n) is 0.268. The predicted molar refractivity (Wildman–Crippen MR) is 36.8 cm³/mol. The van der Waals surface area contributed by atoms with Gasteiger partial charge >= 0.3 is 0 Å². The summed E-state index contributed by atoms with van der Waals surface area (Å²) in [6, 6.07) is 1.85. The van der Waals surface area contributed by atoms with Crippen LogP contribution >= 0.6 is 11.6 Å². The third kappa shape index (κ3) is 3.26. The van der Waals surface area contributed by atoms with Gasteiger partial charge in [0.2, 0.25) is 0 Å². The molecule has 0 aliphatic rings. The minimum absolute atomic E-state index is 0. The highest BCUT2D eigenvalue weighted by Crippen LogP contribution is 2.18. The van der Waals surface area contributed by atoms with Gasteiger partial charge in [0, 0.05) is 11.3 Å². The molecule has 0 fully saturated rings. The van der Waals surface area contributed by atoms with Gasteiger partial charge in [0.25, 0.3) is 0 Å². The SMILES string of the molecule is CC(C)(CCl)C([NH3+])C#N.[Cl-]. The zero-order chi connectivity index (χ0) is 7.49. The fourth-order valence-corrected chi connectivity index (χ4v) is 0.454. The Morgan fingerprint density at radius 1 is 1.70 bits per heavy atom. The van der Waals surface area contributed by atoms with Crippen molar-refractivity contribution in [2.75, 3.05) is 5.88 Å². The van der Waals surface area contributed by atoms with Crippen LogP contribution < -0.4 is 18.1 Å². The highest BCUT2D eigenvalue weighted by Gasteiger charge is 2.28. The summed E-state index contributed by atoms with van der Waals surface area (Å²) in [6.07, 6.45) is 0. The number of rotatable bonds is 2. The normalized spacial score (nSPS) is 13.1. The Kier molecular flexibility index (Phi) is 6.07. The molecule has 0 aromatic carbocycles. The van der Waals surface area contributed by atoms with Crippen molar-refractivity contribution in [2.45, 2.75) is 19.9 Å². The number of halogens is 2. The largest absolute Gasteiger partial charge is 1.00 e. The van der Waals surface area contributed by atoms with Crippen LogP contribution in [0.1, 0.15) is 13.8 Å². The van der Waals surface area contributed by atoms with Crippen LogP contribution in [0.3, 0.4) is 0 Å². The molecule has 0 saturated heterocycles. The van der Waals surface area contributed by atoms with Crippen molar-refractivity contribution >= 4 is 11.6 Å². The second-order valence-electron chi connectivity index (χ2n) is 2.80. The van der Waals surface area contributed by atoms with Gasteiger partial charge in [0.05, 0.1) is 0 Å². The van der Waals surface area contributed by atoms with Gasteiger partial charge in [-0.15, -0.1) is 11.6 Å². The van der Waals surface area contributed by atoms with Crippen LogP contribution in [0.4, 0.5) is 0 Å². The average molecular weight is 183 g/mol. The smallest absolute Gasteiger partial charge is 0.178 e. The summed E-state index contributed by atoms with van der Waals surface area (Å²) in [5, 5.41) is 8.43. The van der Waals surface area contributed by atoms with E-state index in [1.54, 1.807) is 0 Å². The molecule has 0 aromatic rings. The second-order valence-corrected chi connectivity index (χ2v) is 3.07. The lowest BCUT2D eigenvalue weighted by Crippen LogP contribution is -3.00. The lowest BCUT2D eigenvalue weighted by Gasteiger charge is -2.19. The zero-order valence-electron chi connectivity index (χ0n) is 6.19. The molecule has 0 aliphatic carbocycles. The maximum atomic E-state index is 8.43. The van der Waals surface area contributed by atoms with Crippen molar-refractivity contribution in [2.24, 2.45) is 5.41 Å². The molecule has 0 amide bonds. The molecule has 1 unspecified atom stereocenters. The van der Waals surface area contributed by atoms with E-state index in [4.69, 9.17) is 16.9 Å². The van der Waals surface area contributed by atoms with E-state index in [-0.39, 0.29) is 23.9 Å². The first-order chi connectivity index (χ1) is 4.04. The van der Waals surface area contributed by atoms with Gasteiger partial charge in [0.1, 0.15) is 6.07 Å². The van der Waals surface area contributed by atoms with Gasteiger partial charge in [-0.1, -0.05) is 13.8 Å². The molecule has 60 valence electrons. The van der Waals surface area contributed by atoms with Gasteiger partial charge in [0.15, 0.2) is 6.04 Å². The average Bonchev–Trinajstić information content (AvgIpc) is 1.86. The van der Waals surface area contributed by atoms with Gasteiger partial charge < -0.3 is 18.1 Å². The third-order valence-corrected chi connectivity index (χ3v) is 2.13. The van der Waals surface area contributed by atoms with E-state index in [0.29, 0.717) is 5.88 Å². The maximum absolute atomic E-state index is 8.43. The van der Waals surface area contributed by atoms with Crippen LogP contribution in [0.2, 0.25) is 0 Å². The molecule has 10 heavy (non-hydrogen) atoms. The summed E-state index contributed by atoms with van der Waals surface area (Å²) < 4.78 is 0. The van der Waals surface area contributed by atoms with Gasteiger partial charge in [-0.05, 0) is 0 Å². The Hall–Kier alpha value is 0.0300. The number of hydrogen-bond donors (Lipinski definition) is 1. The fraction of sp³-hybridized carbons (Fsp3) is 0.833. The van der Waals surface area contributed by atoms with E-state index in [0.717, 1.165) is 0 Å². The van der Waals surface area contributed by atoms with Crippen molar-refractivity contribution in [1.29, 1.82) is 5.26 Å². The Labute approximate surface area is 72.8 Å². The molecule has 1 atom stereocenters. The minimum atomic E-state index is -0.213. The molecule has 0 heterocycles. The first-order valence-corrected chi connectivity index (χ1v) is 3.36. The Morgan fingerprint density at radius 3 is 2.20 bits per heavy atom. The summed E-state index contributed by atoms with van der Waals surface area (Å²) in [5.41, 5.74) is 3.50. The Bertz CT molecular complexity index is 128. The van der Waals surface area contributed by atoms with Gasteiger partial charge in [-0.3, -0.25) is 0 Å². The molecule has 0 bridgehead atoms. The molecule has 0 aliphatic heterocycles. The molecular formula is C6H12Cl2N2. The van der Waals surface area contributed by atoms with E-state index in [1.165, 1.54) is 0 Å². The molecular weight excluding hydrogens is 171 g/mol. The van der Waals surface area contributed by atoms with Crippen LogP contribution in [0, 0.1) is 16.7 Å². The van der Waals surface area contributed by atoms with Crippen molar-refractivity contribution in [3.05, 3.63) is 0 Å². The van der Waals surface area contributed by atoms with Crippen molar-refractivity contribution in [3.63, 3.8) is 0 Å². The van der Waals surface area contributed by atoms with Crippen molar-refractivity contribution in [1.82, 2.24) is 0 Å². The Morgan fingerprint density at radius 2 is 2.10 bits per heavy atom. The first-order valence-electron chi connectivity index (χ1n) is 2.83. The number of alkyl halides is 1. The van der Waals surface area contributed by atoms with Crippen LogP contribution in [-0.2, 0) is 0 Å². The van der Waals surface area contributed by atoms with E-state index in [2.05, 4.69) is 11.8 Å². The Balaban J connectivity index is 0. The van der Waals surface area contributed by atoms with Gasteiger partial charge in [-0.25, -0.2) is 0 Å². The highest BCUT2D eigenvalue weighted by atomic mass is 35.5. The van der Waals surface area contributed by atoms with E-state index in [1.807, 2.05) is 13.8 Å². The molecule has 0 aromatic heterocycles. The predicted octanol–water partition coefficient (Wildman–Crippen LogP) is -2.61. The van der Waals surface area contributed by atoms with E-state index in [9.17, 15) is 0 Å². The lowest BCUT2D eigenvalue weighted by atomic mass is 9.88. The topological polar surface area (TPSA) is 51.4 Å². The van der Waals surface area contributed by atoms with Crippen molar-refractivity contribution in [3.8, 4) is 6.07 Å². The van der Waals surface area contributed by atoms with E-state index < -0.39 is 0 Å². The standard InChI is InChI=1S/C6H11ClN2.ClH/c1-6(2,4-7)5(9)3-8;/h5H,4,9H2,1-2H3;1H. The number of hydrogen-bond acceptors (Lipinski definition) is 1. The molecule has 4 heteroatoms. The maximum Gasteiger partial charge on any atom is 0.178 e.